The number of Topliss-reactive ketones (excluding diaryl/α,β-unsaturated/α-hetero) is 1. The van der Waals surface area contributed by atoms with Crippen LogP contribution in [0.25, 0.3) is 0 Å². The van der Waals surface area contributed by atoms with Gasteiger partial charge in [-0.3, -0.25) is 14.9 Å². The number of rotatable bonds is 5. The molecule has 0 aliphatic carbocycles. The molecule has 0 atom stereocenters. The zero-order valence-corrected chi connectivity index (χ0v) is 9.93. The lowest BCUT2D eigenvalue weighted by Gasteiger charge is -2.08. The number of nitro benzene ring substituents is 1. The van der Waals surface area contributed by atoms with Crippen LogP contribution >= 0.6 is 0 Å². The Kier molecular flexibility index (Phi) is 4.36. The minimum atomic E-state index is -0.779. The first-order chi connectivity index (χ1) is 8.45. The van der Waals surface area contributed by atoms with E-state index in [0.29, 0.717) is 5.69 Å². The highest BCUT2D eigenvalue weighted by Gasteiger charge is 2.17. The predicted octanol–water partition coefficient (Wildman–Crippen LogP) is 1.38. The second-order valence-electron chi connectivity index (χ2n) is 3.52. The topological polar surface area (TPSA) is 98.5 Å². The fourth-order valence-electron chi connectivity index (χ4n) is 1.28. The highest BCUT2D eigenvalue weighted by Crippen LogP contribution is 2.22. The van der Waals surface area contributed by atoms with Crippen LogP contribution in [0.5, 0.6) is 0 Å². The van der Waals surface area contributed by atoms with Crippen LogP contribution in [-0.4, -0.2) is 30.3 Å². The van der Waals surface area contributed by atoms with E-state index in [2.05, 4.69) is 5.32 Å². The molecule has 0 aromatic heterocycles. The summed E-state index contributed by atoms with van der Waals surface area (Å²) in [5, 5.41) is 13.3. The number of hydrogen-bond donors (Lipinski definition) is 1. The largest absolute Gasteiger partial charge is 0.454 e. The van der Waals surface area contributed by atoms with Gasteiger partial charge in [0.1, 0.15) is 6.61 Å². The van der Waals surface area contributed by atoms with Gasteiger partial charge in [-0.05, 0) is 13.0 Å². The summed E-state index contributed by atoms with van der Waals surface area (Å²) in [6, 6.07) is 3.78. The molecule has 18 heavy (non-hydrogen) atoms. The Morgan fingerprint density at radius 1 is 1.44 bits per heavy atom. The molecule has 0 heterocycles. The van der Waals surface area contributed by atoms with Gasteiger partial charge in [-0.1, -0.05) is 0 Å². The van der Waals surface area contributed by atoms with Crippen LogP contribution in [0.2, 0.25) is 0 Å². The molecule has 0 spiro atoms. The number of benzene rings is 1. The molecule has 0 aliphatic heterocycles. The minimum absolute atomic E-state index is 0.0213. The summed E-state index contributed by atoms with van der Waals surface area (Å²) in [4.78, 5) is 32.4. The van der Waals surface area contributed by atoms with Gasteiger partial charge >= 0.3 is 5.97 Å². The van der Waals surface area contributed by atoms with Crippen molar-refractivity contribution in [2.24, 2.45) is 0 Å². The zero-order chi connectivity index (χ0) is 13.7. The third kappa shape index (κ3) is 3.27. The zero-order valence-electron chi connectivity index (χ0n) is 9.93. The van der Waals surface area contributed by atoms with E-state index in [4.69, 9.17) is 4.74 Å². The standard InChI is InChI=1S/C11H12N2O5/c1-7(14)6-18-11(15)9-5-8(13(16)17)3-4-10(9)12-2/h3-5,12H,6H2,1-2H3. The number of nitro groups is 1. The van der Waals surface area contributed by atoms with Crippen LogP contribution < -0.4 is 5.32 Å². The Bertz CT molecular complexity index is 498. The number of ketones is 1. The number of carbonyl (C=O) groups excluding carboxylic acids is 2. The highest BCUT2D eigenvalue weighted by molar-refractivity contribution is 5.97. The van der Waals surface area contributed by atoms with Crippen LogP contribution in [0.4, 0.5) is 11.4 Å². The third-order valence-corrected chi connectivity index (χ3v) is 2.11. The van der Waals surface area contributed by atoms with Crippen molar-refractivity contribution in [1.82, 2.24) is 0 Å². The molecule has 7 nitrogen and oxygen atoms in total. The Morgan fingerprint density at radius 3 is 2.61 bits per heavy atom. The molecule has 0 saturated carbocycles. The molecule has 1 aromatic rings. The Balaban J connectivity index is 3.03. The molecule has 96 valence electrons. The summed E-state index contributed by atoms with van der Waals surface area (Å²) in [5.41, 5.74) is 0.200. The lowest BCUT2D eigenvalue weighted by atomic mass is 10.1. The van der Waals surface area contributed by atoms with Crippen molar-refractivity contribution in [3.05, 3.63) is 33.9 Å². The van der Waals surface area contributed by atoms with E-state index in [9.17, 15) is 19.7 Å². The van der Waals surface area contributed by atoms with Crippen LogP contribution in [0.3, 0.4) is 0 Å². The SMILES string of the molecule is CNc1ccc([N+](=O)[O-])cc1C(=O)OCC(C)=O. The number of ether oxygens (including phenoxy) is 1. The molecular weight excluding hydrogens is 240 g/mol. The molecule has 0 fully saturated rings. The number of nitrogens with zero attached hydrogens (tertiary/aromatic N) is 1. The summed E-state index contributed by atoms with van der Waals surface area (Å²) in [7, 11) is 1.57. The molecule has 1 N–H and O–H groups in total. The number of nitrogens with one attached hydrogen (secondary N) is 1. The first-order valence-electron chi connectivity index (χ1n) is 5.08. The normalized spacial score (nSPS) is 9.67. The van der Waals surface area contributed by atoms with Crippen molar-refractivity contribution in [2.45, 2.75) is 6.92 Å². The molecule has 0 saturated heterocycles. The summed E-state index contributed by atoms with van der Waals surface area (Å²) in [6.07, 6.45) is 0. The maximum absolute atomic E-state index is 11.7. The van der Waals surface area contributed by atoms with E-state index >= 15 is 0 Å². The van der Waals surface area contributed by atoms with E-state index < -0.39 is 10.9 Å². The van der Waals surface area contributed by atoms with Crippen LogP contribution in [0.15, 0.2) is 18.2 Å². The van der Waals surface area contributed by atoms with Gasteiger partial charge in [-0.25, -0.2) is 4.79 Å². The maximum atomic E-state index is 11.7. The van der Waals surface area contributed by atoms with E-state index in [1.54, 1.807) is 7.05 Å². The number of esters is 1. The minimum Gasteiger partial charge on any atom is -0.454 e. The molecular formula is C11H12N2O5. The summed E-state index contributed by atoms with van der Waals surface area (Å²) < 4.78 is 4.72. The molecule has 1 aromatic carbocycles. The second kappa shape index (κ2) is 5.76. The van der Waals surface area contributed by atoms with Gasteiger partial charge in [0.15, 0.2) is 5.78 Å². The van der Waals surface area contributed by atoms with Crippen molar-refractivity contribution in [2.75, 3.05) is 19.0 Å². The quantitative estimate of drug-likeness (QED) is 0.483. The first-order valence-corrected chi connectivity index (χ1v) is 5.08. The number of hydrogen-bond acceptors (Lipinski definition) is 6. The third-order valence-electron chi connectivity index (χ3n) is 2.11. The smallest absolute Gasteiger partial charge is 0.340 e. The number of non-ortho nitro benzene ring substituents is 1. The van der Waals surface area contributed by atoms with Gasteiger partial charge in [0.05, 0.1) is 10.5 Å². The average Bonchev–Trinajstić information content (AvgIpc) is 2.34. The maximum Gasteiger partial charge on any atom is 0.340 e. The van der Waals surface area contributed by atoms with Crippen molar-refractivity contribution in [3.63, 3.8) is 0 Å². The number of carbonyl (C=O) groups is 2. The monoisotopic (exact) mass is 252 g/mol. The fraction of sp³-hybridized carbons (Fsp3) is 0.273. The van der Waals surface area contributed by atoms with Crippen LogP contribution in [0, 0.1) is 10.1 Å². The van der Waals surface area contributed by atoms with E-state index in [0.717, 1.165) is 6.07 Å². The van der Waals surface area contributed by atoms with Gasteiger partial charge < -0.3 is 10.1 Å². The molecule has 0 amide bonds. The van der Waals surface area contributed by atoms with E-state index in [1.165, 1.54) is 19.1 Å². The summed E-state index contributed by atoms with van der Waals surface area (Å²) in [6.45, 7) is 0.921. The van der Waals surface area contributed by atoms with E-state index in [-0.39, 0.29) is 23.6 Å². The van der Waals surface area contributed by atoms with Crippen LogP contribution in [0.1, 0.15) is 17.3 Å². The first kappa shape index (κ1) is 13.6. The van der Waals surface area contributed by atoms with Crippen LogP contribution in [-0.2, 0) is 9.53 Å². The van der Waals surface area contributed by atoms with Gasteiger partial charge in [0.25, 0.3) is 5.69 Å². The highest BCUT2D eigenvalue weighted by atomic mass is 16.6. The van der Waals surface area contributed by atoms with E-state index in [1.807, 2.05) is 0 Å². The van der Waals surface area contributed by atoms with Crippen molar-refractivity contribution in [1.29, 1.82) is 0 Å². The Hall–Kier alpha value is -2.44. The molecule has 0 unspecified atom stereocenters. The van der Waals surface area contributed by atoms with Crippen molar-refractivity contribution < 1.29 is 19.2 Å². The second-order valence-corrected chi connectivity index (χ2v) is 3.52. The lowest BCUT2D eigenvalue weighted by molar-refractivity contribution is -0.384. The Labute approximate surface area is 103 Å². The van der Waals surface area contributed by atoms with Crippen molar-refractivity contribution >= 4 is 23.1 Å². The summed E-state index contributed by atoms with van der Waals surface area (Å²) in [5.74, 6) is -1.09. The fourth-order valence-corrected chi connectivity index (χ4v) is 1.28. The van der Waals surface area contributed by atoms with Gasteiger partial charge in [-0.15, -0.1) is 0 Å². The number of anilines is 1. The lowest BCUT2D eigenvalue weighted by Crippen LogP contribution is -2.13. The molecule has 0 radical (unpaired) electrons. The Morgan fingerprint density at radius 2 is 2.11 bits per heavy atom. The summed E-state index contributed by atoms with van der Waals surface area (Å²) >= 11 is 0. The van der Waals surface area contributed by atoms with Gasteiger partial charge in [0, 0.05) is 24.9 Å². The molecule has 7 heteroatoms. The molecule has 0 aliphatic rings. The van der Waals surface area contributed by atoms with Gasteiger partial charge in [0.2, 0.25) is 0 Å². The predicted molar refractivity (Wildman–Crippen MR) is 63.6 cm³/mol. The average molecular weight is 252 g/mol. The van der Waals surface area contributed by atoms with Gasteiger partial charge in [-0.2, -0.15) is 0 Å². The van der Waals surface area contributed by atoms with Crippen molar-refractivity contribution in [3.8, 4) is 0 Å². The molecule has 1 rings (SSSR count). The molecule has 0 bridgehead atoms.